The summed E-state index contributed by atoms with van der Waals surface area (Å²) >= 11 is 0. The molecule has 0 bridgehead atoms. The van der Waals surface area contributed by atoms with Crippen LogP contribution in [0.3, 0.4) is 0 Å². The molecule has 2 rings (SSSR count). The maximum Gasteiger partial charge on any atom is 0.260 e. The molecular formula is C13H21N5O2S. The molecule has 2 N–H and O–H groups in total. The topological polar surface area (TPSA) is 78.7 Å². The summed E-state index contributed by atoms with van der Waals surface area (Å²) in [6.07, 6.45) is 1.69. The molecule has 0 radical (unpaired) electrons. The molecule has 2 heterocycles. The minimum absolute atomic E-state index is 0.0944. The lowest BCUT2D eigenvalue weighted by Gasteiger charge is -2.20. The largest absolute Gasteiger partial charge is 0.371 e. The van der Waals surface area contributed by atoms with E-state index in [9.17, 15) is 8.42 Å². The summed E-state index contributed by atoms with van der Waals surface area (Å²) in [5.41, 5.74) is 0.586. The summed E-state index contributed by atoms with van der Waals surface area (Å²) < 4.78 is 29.4. The van der Waals surface area contributed by atoms with E-state index < -0.39 is 10.0 Å². The number of pyridine rings is 1. The van der Waals surface area contributed by atoms with Gasteiger partial charge in [-0.1, -0.05) is 6.07 Å². The molecule has 2 aromatic heterocycles. The highest BCUT2D eigenvalue weighted by atomic mass is 32.2. The van der Waals surface area contributed by atoms with Crippen LogP contribution in [0, 0.1) is 0 Å². The number of imidazole rings is 1. The lowest BCUT2D eigenvalue weighted by atomic mass is 10.3. The second kappa shape index (κ2) is 6.00. The van der Waals surface area contributed by atoms with Crippen LogP contribution in [-0.2, 0) is 10.0 Å². The van der Waals surface area contributed by atoms with E-state index in [-0.39, 0.29) is 11.1 Å². The van der Waals surface area contributed by atoms with Crippen LogP contribution in [0.2, 0.25) is 0 Å². The zero-order valence-electron chi connectivity index (χ0n) is 12.7. The van der Waals surface area contributed by atoms with Crippen molar-refractivity contribution in [2.75, 3.05) is 33.0 Å². The fourth-order valence-electron chi connectivity index (χ4n) is 1.87. The third kappa shape index (κ3) is 3.17. The third-order valence-electron chi connectivity index (χ3n) is 3.43. The molecule has 2 aromatic rings. The van der Waals surface area contributed by atoms with Gasteiger partial charge in [-0.3, -0.25) is 4.40 Å². The van der Waals surface area contributed by atoms with E-state index >= 15 is 0 Å². The molecule has 0 saturated carbocycles. The summed E-state index contributed by atoms with van der Waals surface area (Å²) in [5, 5.41) is 2.97. The van der Waals surface area contributed by atoms with Crippen molar-refractivity contribution in [3.63, 3.8) is 0 Å². The van der Waals surface area contributed by atoms with Crippen molar-refractivity contribution in [1.82, 2.24) is 19.0 Å². The molecule has 0 spiro atoms. The number of rotatable bonds is 6. The molecule has 0 aliphatic rings. The van der Waals surface area contributed by atoms with Crippen molar-refractivity contribution in [1.29, 1.82) is 0 Å². The highest BCUT2D eigenvalue weighted by Gasteiger charge is 2.25. The molecule has 8 heteroatoms. The summed E-state index contributed by atoms with van der Waals surface area (Å²) in [5.74, 6) is 0.339. The number of anilines is 1. The first-order valence-electron chi connectivity index (χ1n) is 6.67. The van der Waals surface area contributed by atoms with E-state index in [1.54, 1.807) is 29.8 Å². The van der Waals surface area contributed by atoms with Crippen molar-refractivity contribution in [3.05, 3.63) is 24.4 Å². The fourth-order valence-corrected chi connectivity index (χ4v) is 3.29. The van der Waals surface area contributed by atoms with Gasteiger partial charge in [0.2, 0.25) is 0 Å². The number of aromatic nitrogens is 2. The first kappa shape index (κ1) is 15.7. The van der Waals surface area contributed by atoms with Gasteiger partial charge in [-0.15, -0.1) is 0 Å². The van der Waals surface area contributed by atoms with Gasteiger partial charge >= 0.3 is 0 Å². The number of nitrogens with zero attached hydrogens (tertiary/aromatic N) is 3. The molecule has 0 amide bonds. The molecule has 1 atom stereocenters. The van der Waals surface area contributed by atoms with Gasteiger partial charge < -0.3 is 10.2 Å². The van der Waals surface area contributed by atoms with Crippen LogP contribution in [0.25, 0.3) is 5.65 Å². The lowest BCUT2D eigenvalue weighted by Crippen LogP contribution is -2.38. The Morgan fingerprint density at radius 2 is 2.10 bits per heavy atom. The Hall–Kier alpha value is -1.64. The number of likely N-dealkylation sites (N-methyl/N-ethyl adjacent to an activating group) is 1. The summed E-state index contributed by atoms with van der Waals surface area (Å²) in [6.45, 7) is 2.29. The zero-order chi connectivity index (χ0) is 15.6. The SMILES string of the molecule is CNc1nc2ccccn2c1S(=O)(=O)NCC(C)N(C)C. The molecule has 116 valence electrons. The molecule has 21 heavy (non-hydrogen) atoms. The van der Waals surface area contributed by atoms with Gasteiger partial charge in [0.25, 0.3) is 10.0 Å². The zero-order valence-corrected chi connectivity index (χ0v) is 13.5. The highest BCUT2D eigenvalue weighted by molar-refractivity contribution is 7.89. The highest BCUT2D eigenvalue weighted by Crippen LogP contribution is 2.22. The minimum Gasteiger partial charge on any atom is -0.371 e. The summed E-state index contributed by atoms with van der Waals surface area (Å²) in [6, 6.07) is 5.45. The Balaban J connectivity index is 2.40. The Kier molecular flexibility index (Phi) is 4.50. The van der Waals surface area contributed by atoms with Crippen LogP contribution in [0.15, 0.2) is 29.4 Å². The van der Waals surface area contributed by atoms with Crippen molar-refractivity contribution >= 4 is 21.5 Å². The van der Waals surface area contributed by atoms with E-state index in [0.29, 0.717) is 18.0 Å². The first-order valence-corrected chi connectivity index (χ1v) is 8.16. The lowest BCUT2D eigenvalue weighted by molar-refractivity contribution is 0.314. The standard InChI is InChI=1S/C13H21N5O2S/c1-10(17(3)4)9-15-21(19,20)13-12(14-2)16-11-7-5-6-8-18(11)13/h5-8,10,14-15H,9H2,1-4H3. The molecule has 1 unspecified atom stereocenters. The first-order chi connectivity index (χ1) is 9.86. The maximum atomic E-state index is 12.6. The summed E-state index contributed by atoms with van der Waals surface area (Å²) in [7, 11) is 1.82. The second-order valence-electron chi connectivity index (χ2n) is 5.11. The second-order valence-corrected chi connectivity index (χ2v) is 6.79. The molecular weight excluding hydrogens is 290 g/mol. The van der Waals surface area contributed by atoms with Gasteiger partial charge in [0.15, 0.2) is 10.8 Å². The number of fused-ring (bicyclic) bond motifs is 1. The Bertz CT molecular complexity index is 723. The molecule has 0 fully saturated rings. The van der Waals surface area contributed by atoms with Gasteiger partial charge in [-0.25, -0.2) is 18.1 Å². The van der Waals surface area contributed by atoms with E-state index in [4.69, 9.17) is 0 Å². The van der Waals surface area contributed by atoms with Crippen molar-refractivity contribution in [2.45, 2.75) is 18.0 Å². The monoisotopic (exact) mass is 311 g/mol. The van der Waals surface area contributed by atoms with E-state index in [2.05, 4.69) is 15.0 Å². The maximum absolute atomic E-state index is 12.6. The minimum atomic E-state index is -3.65. The molecule has 0 aromatic carbocycles. The Morgan fingerprint density at radius 1 is 1.38 bits per heavy atom. The average Bonchev–Trinajstić information content (AvgIpc) is 2.83. The molecule has 0 aliphatic carbocycles. The normalized spacial score (nSPS) is 13.8. The van der Waals surface area contributed by atoms with Crippen LogP contribution in [-0.4, -0.2) is 56.4 Å². The predicted octanol–water partition coefficient (Wildman–Crippen LogP) is 0.604. The van der Waals surface area contributed by atoms with Crippen LogP contribution in [0.5, 0.6) is 0 Å². The quantitative estimate of drug-likeness (QED) is 0.817. The van der Waals surface area contributed by atoms with Crippen molar-refractivity contribution in [3.8, 4) is 0 Å². The van der Waals surface area contributed by atoms with E-state index in [1.807, 2.05) is 32.0 Å². The van der Waals surface area contributed by atoms with Crippen molar-refractivity contribution < 1.29 is 8.42 Å². The smallest absolute Gasteiger partial charge is 0.260 e. The molecule has 0 saturated heterocycles. The number of hydrogen-bond donors (Lipinski definition) is 2. The molecule has 0 aliphatic heterocycles. The van der Waals surface area contributed by atoms with Gasteiger partial charge in [-0.2, -0.15) is 0 Å². The van der Waals surface area contributed by atoms with Crippen molar-refractivity contribution in [2.24, 2.45) is 0 Å². The Labute approximate surface area is 125 Å². The van der Waals surface area contributed by atoms with Crippen LogP contribution in [0.1, 0.15) is 6.92 Å². The van der Waals surface area contributed by atoms with Gasteiger partial charge in [0.05, 0.1) is 0 Å². The van der Waals surface area contributed by atoms with Gasteiger partial charge in [0.1, 0.15) is 5.65 Å². The van der Waals surface area contributed by atoms with E-state index in [0.717, 1.165) is 0 Å². The van der Waals surface area contributed by atoms with Gasteiger partial charge in [-0.05, 0) is 33.2 Å². The summed E-state index contributed by atoms with van der Waals surface area (Å²) in [4.78, 5) is 6.24. The van der Waals surface area contributed by atoms with E-state index in [1.165, 1.54) is 0 Å². The fraction of sp³-hybridized carbons (Fsp3) is 0.462. The average molecular weight is 311 g/mol. The predicted molar refractivity (Wildman–Crippen MR) is 83.1 cm³/mol. The van der Waals surface area contributed by atoms with Crippen LogP contribution >= 0.6 is 0 Å². The Morgan fingerprint density at radius 3 is 2.71 bits per heavy atom. The third-order valence-corrected chi connectivity index (χ3v) is 4.87. The van der Waals surface area contributed by atoms with Crippen LogP contribution < -0.4 is 10.0 Å². The number of sulfonamides is 1. The van der Waals surface area contributed by atoms with Crippen LogP contribution in [0.4, 0.5) is 5.82 Å². The number of nitrogens with one attached hydrogen (secondary N) is 2. The molecule has 7 nitrogen and oxygen atoms in total. The van der Waals surface area contributed by atoms with Gasteiger partial charge in [0, 0.05) is 25.8 Å². The number of hydrogen-bond acceptors (Lipinski definition) is 5.